The Hall–Kier alpha value is -3.97. The third-order valence-electron chi connectivity index (χ3n) is 4.87. The van der Waals surface area contributed by atoms with Crippen molar-refractivity contribution in [3.8, 4) is 6.07 Å². The molecule has 3 heterocycles. The molecule has 0 radical (unpaired) electrons. The quantitative estimate of drug-likeness (QED) is 0.353. The van der Waals surface area contributed by atoms with E-state index in [0.717, 1.165) is 29.5 Å². The number of halogens is 1. The van der Waals surface area contributed by atoms with Crippen molar-refractivity contribution in [2.24, 2.45) is 11.6 Å². The number of aryl methyl sites for hydroxylation is 1. The molecule has 0 fully saturated rings. The summed E-state index contributed by atoms with van der Waals surface area (Å²) in [4.78, 5) is 18.0. The highest BCUT2D eigenvalue weighted by Crippen LogP contribution is 2.24. The van der Waals surface area contributed by atoms with Crippen LogP contribution < -0.4 is 22.0 Å². The summed E-state index contributed by atoms with van der Waals surface area (Å²) in [7, 11) is 0. The first-order valence-corrected chi connectivity index (χ1v) is 9.94. The average molecular weight is 439 g/mol. The summed E-state index contributed by atoms with van der Waals surface area (Å²) in [6.45, 7) is 9.50. The predicted octanol–water partition coefficient (Wildman–Crippen LogP) is 2.01. The molecule has 2 aromatic heterocycles. The van der Waals surface area contributed by atoms with Crippen LogP contribution in [0, 0.1) is 11.3 Å². The Labute approximate surface area is 186 Å². The summed E-state index contributed by atoms with van der Waals surface area (Å²) in [5, 5.41) is 17.0. The van der Waals surface area contributed by atoms with Crippen LogP contribution in [-0.4, -0.2) is 33.3 Å². The molecule has 0 unspecified atom stereocenters. The number of hydrazine groups is 1. The van der Waals surface area contributed by atoms with E-state index in [1.807, 2.05) is 23.1 Å². The number of anilines is 1. The molecule has 5 N–H and O–H groups in total. The van der Waals surface area contributed by atoms with E-state index in [4.69, 9.17) is 11.6 Å². The summed E-state index contributed by atoms with van der Waals surface area (Å²) in [5.41, 5.74) is 9.82. The minimum absolute atomic E-state index is 0.0359. The minimum atomic E-state index is -0.507. The van der Waals surface area contributed by atoms with Crippen molar-refractivity contribution in [3.63, 3.8) is 0 Å². The summed E-state index contributed by atoms with van der Waals surface area (Å²) in [5.74, 6) is 5.81. The van der Waals surface area contributed by atoms with Crippen LogP contribution in [0.25, 0.3) is 0 Å². The first kappa shape index (κ1) is 24.3. The van der Waals surface area contributed by atoms with Gasteiger partial charge in [-0.25, -0.2) is 15.3 Å². The molecule has 1 aliphatic heterocycles. The lowest BCUT2D eigenvalue weighted by atomic mass is 10.1. The van der Waals surface area contributed by atoms with Crippen molar-refractivity contribution in [2.45, 2.75) is 26.3 Å². The molecule has 0 amide bonds. The molecule has 168 valence electrons. The standard InChI is InChI=1S/C18H22N8O.C4H5F/c1-2-15-12(4-3-6-22-15)10-26(21)16-5-7-25(11-14(16)20)17-9-23-24-18(27)13(17)8-19;1-3-4(2)5/h3-4,6,9H,2,5,7,10-11,20-21H2,1H3,(H,24,27);3H,1-2H2. The number of hydrogen-bond donors (Lipinski definition) is 3. The molecule has 0 saturated carbocycles. The second-order valence-electron chi connectivity index (χ2n) is 6.96. The van der Waals surface area contributed by atoms with Gasteiger partial charge in [0.2, 0.25) is 0 Å². The zero-order valence-corrected chi connectivity index (χ0v) is 18.0. The molecular formula is C22H27FN8O. The number of rotatable bonds is 6. The van der Waals surface area contributed by atoms with E-state index in [2.05, 4.69) is 35.3 Å². The highest BCUT2D eigenvalue weighted by Gasteiger charge is 2.23. The zero-order chi connectivity index (χ0) is 23.7. The summed E-state index contributed by atoms with van der Waals surface area (Å²) in [6, 6.07) is 5.84. The number of nitriles is 1. The number of nitrogens with one attached hydrogen (secondary N) is 1. The van der Waals surface area contributed by atoms with Gasteiger partial charge in [0.05, 0.1) is 30.7 Å². The van der Waals surface area contributed by atoms with E-state index in [9.17, 15) is 14.4 Å². The van der Waals surface area contributed by atoms with Gasteiger partial charge >= 0.3 is 0 Å². The van der Waals surface area contributed by atoms with Crippen molar-refractivity contribution in [2.75, 3.05) is 18.0 Å². The van der Waals surface area contributed by atoms with Crippen LogP contribution in [0.15, 0.2) is 65.8 Å². The highest BCUT2D eigenvalue weighted by molar-refractivity contribution is 5.58. The van der Waals surface area contributed by atoms with Gasteiger partial charge in [-0.3, -0.25) is 9.78 Å². The van der Waals surface area contributed by atoms with Crippen molar-refractivity contribution < 1.29 is 4.39 Å². The van der Waals surface area contributed by atoms with Crippen molar-refractivity contribution in [3.05, 3.63) is 88.2 Å². The average Bonchev–Trinajstić information content (AvgIpc) is 2.79. The Kier molecular flexibility index (Phi) is 8.68. The molecule has 0 saturated heterocycles. The van der Waals surface area contributed by atoms with Gasteiger partial charge in [0, 0.05) is 30.6 Å². The van der Waals surface area contributed by atoms with Gasteiger partial charge in [-0.2, -0.15) is 10.4 Å². The normalized spacial score (nSPS) is 13.0. The van der Waals surface area contributed by atoms with E-state index < -0.39 is 11.4 Å². The topological polar surface area (TPSA) is 141 Å². The van der Waals surface area contributed by atoms with Crippen LogP contribution in [-0.2, 0) is 13.0 Å². The summed E-state index contributed by atoms with van der Waals surface area (Å²) < 4.78 is 11.1. The van der Waals surface area contributed by atoms with Crippen LogP contribution in [0.2, 0.25) is 0 Å². The molecule has 9 nitrogen and oxygen atoms in total. The molecule has 32 heavy (non-hydrogen) atoms. The molecule has 2 aromatic rings. The molecule has 3 rings (SSSR count). The first-order chi connectivity index (χ1) is 15.3. The summed E-state index contributed by atoms with van der Waals surface area (Å²) in [6.07, 6.45) is 5.74. The number of allylic oxidation sites excluding steroid dienone is 2. The highest BCUT2D eigenvalue weighted by atomic mass is 19.1. The maximum atomic E-state index is 11.8. The van der Waals surface area contributed by atoms with E-state index in [1.165, 1.54) is 6.20 Å². The molecule has 0 bridgehead atoms. The lowest BCUT2D eigenvalue weighted by Gasteiger charge is -2.34. The Balaban J connectivity index is 0.000000654. The third-order valence-corrected chi connectivity index (χ3v) is 4.87. The molecule has 0 spiro atoms. The number of nitrogens with zero attached hydrogens (tertiary/aromatic N) is 5. The smallest absolute Gasteiger partial charge is 0.284 e. The summed E-state index contributed by atoms with van der Waals surface area (Å²) >= 11 is 0. The van der Waals surface area contributed by atoms with E-state index in [1.54, 1.807) is 11.2 Å². The minimum Gasteiger partial charge on any atom is -0.399 e. The Bertz CT molecular complexity index is 1100. The number of pyridine rings is 1. The van der Waals surface area contributed by atoms with Crippen LogP contribution in [0.3, 0.4) is 0 Å². The number of aromatic nitrogens is 3. The Morgan fingerprint density at radius 2 is 2.25 bits per heavy atom. The predicted molar refractivity (Wildman–Crippen MR) is 121 cm³/mol. The monoisotopic (exact) mass is 438 g/mol. The van der Waals surface area contributed by atoms with Gasteiger partial charge in [0.1, 0.15) is 17.5 Å². The number of H-pyrrole nitrogens is 1. The second-order valence-corrected chi connectivity index (χ2v) is 6.96. The Morgan fingerprint density at radius 3 is 2.84 bits per heavy atom. The van der Waals surface area contributed by atoms with Crippen LogP contribution in [0.4, 0.5) is 10.1 Å². The third kappa shape index (κ3) is 6.02. The van der Waals surface area contributed by atoms with Gasteiger partial charge in [-0.05, 0) is 24.1 Å². The first-order valence-electron chi connectivity index (χ1n) is 9.94. The fraction of sp³-hybridized carbons (Fsp3) is 0.273. The van der Waals surface area contributed by atoms with E-state index in [0.29, 0.717) is 37.4 Å². The van der Waals surface area contributed by atoms with Gasteiger partial charge in [0.25, 0.3) is 5.56 Å². The SMILES string of the molecule is C=CC(=C)F.CCc1ncccc1CN(N)C1=C(N)CN(c2cn[nH]c(=O)c2C#N)CC1. The Morgan fingerprint density at radius 1 is 1.53 bits per heavy atom. The molecule has 0 atom stereocenters. The van der Waals surface area contributed by atoms with Crippen LogP contribution >= 0.6 is 0 Å². The number of aromatic amines is 1. The van der Waals surface area contributed by atoms with Gasteiger partial charge in [0.15, 0.2) is 0 Å². The second kappa shape index (κ2) is 11.4. The van der Waals surface area contributed by atoms with E-state index >= 15 is 0 Å². The maximum Gasteiger partial charge on any atom is 0.284 e. The van der Waals surface area contributed by atoms with Crippen molar-refractivity contribution in [1.29, 1.82) is 5.26 Å². The fourth-order valence-electron chi connectivity index (χ4n) is 3.26. The van der Waals surface area contributed by atoms with Gasteiger partial charge < -0.3 is 15.6 Å². The fourth-order valence-corrected chi connectivity index (χ4v) is 3.26. The van der Waals surface area contributed by atoms with Crippen molar-refractivity contribution >= 4 is 5.69 Å². The largest absolute Gasteiger partial charge is 0.399 e. The lowest BCUT2D eigenvalue weighted by molar-refractivity contribution is 0.326. The van der Waals surface area contributed by atoms with E-state index in [-0.39, 0.29) is 5.56 Å². The number of hydrogen-bond acceptors (Lipinski definition) is 8. The molecule has 10 heteroatoms. The van der Waals surface area contributed by atoms with Gasteiger partial charge in [-0.1, -0.05) is 26.1 Å². The molecule has 1 aliphatic rings. The van der Waals surface area contributed by atoms with Gasteiger partial charge in [-0.15, -0.1) is 0 Å². The number of nitrogens with two attached hydrogens (primary N) is 2. The van der Waals surface area contributed by atoms with Crippen LogP contribution in [0.5, 0.6) is 0 Å². The zero-order valence-electron chi connectivity index (χ0n) is 18.0. The lowest BCUT2D eigenvalue weighted by Crippen LogP contribution is -2.42. The van der Waals surface area contributed by atoms with Crippen LogP contribution in [0.1, 0.15) is 30.2 Å². The molecular weight excluding hydrogens is 411 g/mol. The van der Waals surface area contributed by atoms with Crippen molar-refractivity contribution in [1.82, 2.24) is 20.2 Å². The molecule has 0 aromatic carbocycles. The molecule has 0 aliphatic carbocycles. The maximum absolute atomic E-state index is 11.8.